The van der Waals surface area contributed by atoms with Gasteiger partial charge in [0.05, 0.1) is 29.2 Å². The highest BCUT2D eigenvalue weighted by Gasteiger charge is 2.38. The molecule has 0 aliphatic carbocycles. The van der Waals surface area contributed by atoms with Crippen LogP contribution in [0.25, 0.3) is 11.7 Å². The third-order valence-corrected chi connectivity index (χ3v) is 9.12. The van der Waals surface area contributed by atoms with E-state index in [-0.39, 0.29) is 27.6 Å². The molecule has 1 amide bonds. The average Bonchev–Trinajstić information content (AvgIpc) is 3.57. The molecule has 4 N–H and O–H groups in total. The number of aromatic nitrogens is 5. The van der Waals surface area contributed by atoms with Crippen molar-refractivity contribution in [3.8, 4) is 11.8 Å². The van der Waals surface area contributed by atoms with Crippen LogP contribution < -0.4 is 19.5 Å². The van der Waals surface area contributed by atoms with Crippen molar-refractivity contribution >= 4 is 49.4 Å². The fourth-order valence-corrected chi connectivity index (χ4v) is 7.23. The lowest BCUT2D eigenvalue weighted by Crippen LogP contribution is -2.44. The number of carbonyl (C=O) groups excluding carboxylic acids is 1. The van der Waals surface area contributed by atoms with Gasteiger partial charge >= 0.3 is 0 Å². The van der Waals surface area contributed by atoms with E-state index >= 15 is 0 Å². The van der Waals surface area contributed by atoms with Crippen molar-refractivity contribution in [1.29, 1.82) is 0 Å². The van der Waals surface area contributed by atoms with Crippen LogP contribution in [0.3, 0.4) is 0 Å². The average molecular weight is 644 g/mol. The van der Waals surface area contributed by atoms with E-state index < -0.39 is 32.2 Å². The number of para-hydroxylation sites is 1. The van der Waals surface area contributed by atoms with Crippen LogP contribution in [0.15, 0.2) is 90.0 Å². The first-order valence-corrected chi connectivity index (χ1v) is 16.3. The van der Waals surface area contributed by atoms with E-state index in [0.717, 1.165) is 4.31 Å². The molecule has 14 nitrogen and oxygen atoms in total. The Bertz CT molecular complexity index is 2280. The van der Waals surface area contributed by atoms with Gasteiger partial charge in [0.1, 0.15) is 10.5 Å². The van der Waals surface area contributed by atoms with Crippen molar-refractivity contribution in [2.45, 2.75) is 17.9 Å². The maximum Gasteiger partial charge on any atom is 0.297 e. The molecule has 0 saturated carbocycles. The number of nitrogens with zero attached hydrogens (tertiary/aromatic N) is 6. The topological polar surface area (TPSA) is 187 Å². The number of hydrogen-bond donors (Lipinski definition) is 3. The Labute approximate surface area is 258 Å². The molecule has 0 fully saturated rings. The van der Waals surface area contributed by atoms with Gasteiger partial charge in [0, 0.05) is 31.2 Å². The van der Waals surface area contributed by atoms with Gasteiger partial charge in [-0.1, -0.05) is 42.2 Å². The zero-order valence-corrected chi connectivity index (χ0v) is 25.4. The molecular formula is C29H25N9O5S2. The molecule has 6 rings (SSSR count). The number of aryl methyl sites for hydroxylation is 1. The first kappa shape index (κ1) is 29.6. The number of amides is 1. The number of anilines is 2. The van der Waals surface area contributed by atoms with Crippen LogP contribution in [0.1, 0.15) is 34.0 Å². The minimum Gasteiger partial charge on any atom is -0.344 e. The molecule has 3 aromatic heterocycles. The van der Waals surface area contributed by atoms with E-state index in [1.807, 2.05) is 4.72 Å². The summed E-state index contributed by atoms with van der Waals surface area (Å²) < 4.78 is 58.6. The Morgan fingerprint density at radius 2 is 1.84 bits per heavy atom. The maximum absolute atomic E-state index is 14.4. The highest BCUT2D eigenvalue weighted by atomic mass is 32.2. The van der Waals surface area contributed by atoms with E-state index in [1.165, 1.54) is 16.9 Å². The third kappa shape index (κ3) is 5.74. The van der Waals surface area contributed by atoms with Crippen LogP contribution in [-0.2, 0) is 27.3 Å². The standard InChI is InChI=1S/C29H25N9O5S2/c1-19(33-29(39)25-27(35-45(30,42)43)34-37-15-7-14-31-28(25)37)24-16-22-9-6-8-21(13-12-20-17-32-36(2)18-20)26(22)44(40,41)38(24)23-10-4-3-5-11-23/h3-11,14-19H,1-2H3,(H,33,39)(H,34,35)(H2,30,42,43)/t19-/m1/s1. The molecule has 16 heteroatoms. The molecule has 1 aliphatic rings. The third-order valence-electron chi connectivity index (χ3n) is 6.77. The lowest BCUT2D eigenvalue weighted by Gasteiger charge is -2.34. The first-order valence-electron chi connectivity index (χ1n) is 13.3. The molecular weight excluding hydrogens is 619 g/mol. The molecule has 5 aromatic rings. The molecule has 0 radical (unpaired) electrons. The zero-order chi connectivity index (χ0) is 31.9. The number of hydrogen-bond acceptors (Lipinski definition) is 8. The summed E-state index contributed by atoms with van der Waals surface area (Å²) in [4.78, 5) is 17.9. The summed E-state index contributed by atoms with van der Waals surface area (Å²) >= 11 is 0. The normalized spacial score (nSPS) is 14.6. The van der Waals surface area contributed by atoms with Gasteiger partial charge in [-0.3, -0.25) is 14.2 Å². The molecule has 2 aromatic carbocycles. The van der Waals surface area contributed by atoms with Gasteiger partial charge in [0.15, 0.2) is 11.5 Å². The number of rotatable bonds is 6. The lowest BCUT2D eigenvalue weighted by atomic mass is 10.1. The molecule has 1 atom stereocenters. The molecule has 4 heterocycles. The Hall–Kier alpha value is -5.50. The predicted octanol–water partition coefficient (Wildman–Crippen LogP) is 1.85. The molecule has 0 spiro atoms. The van der Waals surface area contributed by atoms with Crippen LogP contribution in [0, 0.1) is 11.8 Å². The molecule has 0 bridgehead atoms. The Morgan fingerprint density at radius 3 is 2.56 bits per heavy atom. The summed E-state index contributed by atoms with van der Waals surface area (Å²) in [5, 5.41) is 16.1. The van der Waals surface area contributed by atoms with E-state index in [9.17, 15) is 21.6 Å². The van der Waals surface area contributed by atoms with Crippen molar-refractivity contribution in [3.05, 3.63) is 107 Å². The molecule has 45 heavy (non-hydrogen) atoms. The van der Waals surface area contributed by atoms with Crippen LogP contribution in [-0.4, -0.2) is 53.2 Å². The molecule has 228 valence electrons. The van der Waals surface area contributed by atoms with Crippen molar-refractivity contribution < 1.29 is 21.6 Å². The fraction of sp³-hybridized carbons (Fsp3) is 0.103. The minimum absolute atomic E-state index is 0.0130. The summed E-state index contributed by atoms with van der Waals surface area (Å²) in [7, 11) is -6.80. The van der Waals surface area contributed by atoms with Crippen molar-refractivity contribution in [3.63, 3.8) is 0 Å². The summed E-state index contributed by atoms with van der Waals surface area (Å²) in [6.07, 6.45) is 7.87. The van der Waals surface area contributed by atoms with Crippen LogP contribution in [0.2, 0.25) is 0 Å². The zero-order valence-electron chi connectivity index (χ0n) is 23.8. The van der Waals surface area contributed by atoms with Gasteiger partial charge in [0.25, 0.3) is 26.1 Å². The van der Waals surface area contributed by atoms with Crippen molar-refractivity contribution in [2.24, 2.45) is 12.2 Å². The first-order chi connectivity index (χ1) is 21.4. The highest BCUT2D eigenvalue weighted by molar-refractivity contribution is 7.93. The summed E-state index contributed by atoms with van der Waals surface area (Å²) in [6.45, 7) is 1.61. The van der Waals surface area contributed by atoms with Gasteiger partial charge in [-0.15, -0.1) is 5.10 Å². The van der Waals surface area contributed by atoms with Gasteiger partial charge in [-0.05, 0) is 42.8 Å². The maximum atomic E-state index is 14.4. The lowest BCUT2D eigenvalue weighted by molar-refractivity contribution is 0.0947. The number of fused-ring (bicyclic) bond motifs is 2. The predicted molar refractivity (Wildman–Crippen MR) is 166 cm³/mol. The second-order valence-corrected chi connectivity index (χ2v) is 13.0. The minimum atomic E-state index is -4.30. The van der Waals surface area contributed by atoms with E-state index in [4.69, 9.17) is 5.14 Å². The number of benzene rings is 2. The van der Waals surface area contributed by atoms with Crippen molar-refractivity contribution in [1.82, 2.24) is 29.7 Å². The summed E-state index contributed by atoms with van der Waals surface area (Å²) in [5.41, 5.74) is 1.71. The van der Waals surface area contributed by atoms with Crippen molar-refractivity contribution in [2.75, 3.05) is 9.03 Å². The van der Waals surface area contributed by atoms with Crippen LogP contribution >= 0.6 is 0 Å². The second kappa shape index (κ2) is 11.2. The van der Waals surface area contributed by atoms with Crippen LogP contribution in [0.4, 0.5) is 11.5 Å². The van der Waals surface area contributed by atoms with Gasteiger partial charge in [0.2, 0.25) is 0 Å². The van der Waals surface area contributed by atoms with E-state index in [2.05, 4.69) is 32.3 Å². The number of carbonyl (C=O) groups is 1. The molecule has 0 unspecified atom stereocenters. The smallest absolute Gasteiger partial charge is 0.297 e. The van der Waals surface area contributed by atoms with Crippen LogP contribution in [0.5, 0.6) is 0 Å². The molecule has 1 aliphatic heterocycles. The Balaban J connectivity index is 1.45. The highest BCUT2D eigenvalue weighted by Crippen LogP contribution is 2.38. The molecule has 0 saturated heterocycles. The van der Waals surface area contributed by atoms with Gasteiger partial charge < -0.3 is 5.32 Å². The SMILES string of the molecule is C[C@@H](NC(=O)c1c(NS(N)(=O)=O)nn2cccnc12)C1=Cc2cccc(C#Cc3cnn(C)c3)c2S(=O)(=O)N1c1ccccc1. The quantitative estimate of drug-likeness (QED) is 0.234. The van der Waals surface area contributed by atoms with Gasteiger partial charge in [-0.2, -0.15) is 13.5 Å². The summed E-state index contributed by atoms with van der Waals surface area (Å²) in [6, 6.07) is 14.0. The second-order valence-electron chi connectivity index (χ2n) is 10.0. The number of nitrogens with two attached hydrogens (primary N) is 1. The van der Waals surface area contributed by atoms with Gasteiger partial charge in [-0.25, -0.2) is 27.4 Å². The van der Waals surface area contributed by atoms with E-state index in [0.29, 0.717) is 22.4 Å². The number of sulfonamides is 1. The summed E-state index contributed by atoms with van der Waals surface area (Å²) in [5.74, 6) is 4.84. The largest absolute Gasteiger partial charge is 0.344 e. The Morgan fingerprint density at radius 1 is 1.07 bits per heavy atom. The Kier molecular flexibility index (Phi) is 7.36. The fourth-order valence-electron chi connectivity index (χ4n) is 4.93. The number of nitrogens with one attached hydrogen (secondary N) is 2. The monoisotopic (exact) mass is 643 g/mol. The van der Waals surface area contributed by atoms with E-state index in [1.54, 1.807) is 91.7 Å².